The van der Waals surface area contributed by atoms with Crippen LogP contribution in [0, 0.1) is 0 Å². The number of nitrogen functional groups attached to an aromatic ring is 1. The average Bonchev–Trinajstić information content (AvgIpc) is 2.90. The molecule has 3 aromatic rings. The Kier molecular flexibility index (Phi) is 8.83. The van der Waals surface area contributed by atoms with Crippen molar-refractivity contribution in [2.45, 2.75) is 0 Å². The van der Waals surface area contributed by atoms with E-state index < -0.39 is 0 Å². The summed E-state index contributed by atoms with van der Waals surface area (Å²) < 4.78 is 26.8. The zero-order valence-electron chi connectivity index (χ0n) is 21.0. The second-order valence-corrected chi connectivity index (χ2v) is 7.58. The third kappa shape index (κ3) is 6.29. The molecule has 0 bridgehead atoms. The summed E-state index contributed by atoms with van der Waals surface area (Å²) in [7, 11) is 7.81. The molecule has 8 heteroatoms. The van der Waals surface area contributed by atoms with Crippen LogP contribution in [-0.2, 0) is 4.79 Å². The van der Waals surface area contributed by atoms with Crippen molar-refractivity contribution in [3.05, 3.63) is 71.3 Å². The first kappa shape index (κ1) is 26.0. The van der Waals surface area contributed by atoms with Crippen LogP contribution in [0.4, 0.5) is 11.4 Å². The first-order chi connectivity index (χ1) is 17.4. The second-order valence-electron chi connectivity index (χ2n) is 7.58. The highest BCUT2D eigenvalue weighted by Gasteiger charge is 2.12. The van der Waals surface area contributed by atoms with Crippen molar-refractivity contribution in [2.75, 3.05) is 46.6 Å². The number of ether oxygens (including phenoxy) is 5. The predicted octanol–water partition coefficient (Wildman–Crippen LogP) is 5.13. The van der Waals surface area contributed by atoms with Crippen molar-refractivity contribution in [3.63, 3.8) is 0 Å². The molecule has 3 aromatic carbocycles. The fourth-order valence-electron chi connectivity index (χ4n) is 3.51. The van der Waals surface area contributed by atoms with Crippen molar-refractivity contribution >= 4 is 35.5 Å². The van der Waals surface area contributed by atoms with E-state index in [1.807, 2.05) is 42.5 Å². The third-order valence-electron chi connectivity index (χ3n) is 5.32. The number of rotatable bonds is 10. The zero-order valence-corrected chi connectivity index (χ0v) is 21.0. The SMILES string of the molecule is COc1ccc(/C=C\C(=O)Nc2ccc(/C=C\c3cc(OC)c(OC)c(OC)c3)cc2OC)cc1N. The Balaban J connectivity index is 1.74. The van der Waals surface area contributed by atoms with E-state index in [0.717, 1.165) is 16.7 Å². The number of amides is 1. The van der Waals surface area contributed by atoms with Crippen LogP contribution in [-0.4, -0.2) is 41.5 Å². The largest absolute Gasteiger partial charge is 0.495 e. The van der Waals surface area contributed by atoms with Gasteiger partial charge in [0.15, 0.2) is 11.5 Å². The van der Waals surface area contributed by atoms with Gasteiger partial charge >= 0.3 is 0 Å². The fraction of sp³-hybridized carbons (Fsp3) is 0.179. The first-order valence-electron chi connectivity index (χ1n) is 11.0. The van der Waals surface area contributed by atoms with E-state index >= 15 is 0 Å². The van der Waals surface area contributed by atoms with Crippen molar-refractivity contribution in [1.29, 1.82) is 0 Å². The minimum Gasteiger partial charge on any atom is -0.495 e. The van der Waals surface area contributed by atoms with Gasteiger partial charge in [0.1, 0.15) is 11.5 Å². The van der Waals surface area contributed by atoms with E-state index in [9.17, 15) is 4.79 Å². The lowest BCUT2D eigenvalue weighted by Gasteiger charge is -2.13. The quantitative estimate of drug-likeness (QED) is 0.231. The van der Waals surface area contributed by atoms with E-state index in [0.29, 0.717) is 40.1 Å². The molecule has 3 N–H and O–H groups in total. The Morgan fingerprint density at radius 1 is 0.667 bits per heavy atom. The molecule has 8 nitrogen and oxygen atoms in total. The van der Waals surface area contributed by atoms with Crippen LogP contribution < -0.4 is 34.7 Å². The van der Waals surface area contributed by atoms with Crippen LogP contribution in [0.25, 0.3) is 18.2 Å². The minimum atomic E-state index is -0.302. The van der Waals surface area contributed by atoms with Gasteiger partial charge < -0.3 is 34.7 Å². The van der Waals surface area contributed by atoms with Crippen LogP contribution in [0.2, 0.25) is 0 Å². The van der Waals surface area contributed by atoms with E-state index in [2.05, 4.69) is 5.32 Å². The topological polar surface area (TPSA) is 101 Å². The molecule has 188 valence electrons. The summed E-state index contributed by atoms with van der Waals surface area (Å²) in [4.78, 5) is 12.5. The van der Waals surface area contributed by atoms with Gasteiger partial charge in [0.25, 0.3) is 0 Å². The molecule has 0 atom stereocenters. The number of nitrogens with one attached hydrogen (secondary N) is 1. The Hall–Kier alpha value is -4.59. The molecule has 0 saturated carbocycles. The number of nitrogens with two attached hydrogens (primary N) is 1. The molecule has 1 amide bonds. The molecular weight excluding hydrogens is 460 g/mol. The Morgan fingerprint density at radius 3 is 1.81 bits per heavy atom. The molecule has 0 aromatic heterocycles. The van der Waals surface area contributed by atoms with Crippen LogP contribution in [0.15, 0.2) is 54.6 Å². The third-order valence-corrected chi connectivity index (χ3v) is 5.32. The summed E-state index contributed by atoms with van der Waals surface area (Å²) in [6.07, 6.45) is 6.94. The van der Waals surface area contributed by atoms with Crippen LogP contribution in [0.3, 0.4) is 0 Å². The lowest BCUT2D eigenvalue weighted by atomic mass is 10.1. The number of carbonyl (C=O) groups excluding carboxylic acids is 1. The number of carbonyl (C=O) groups is 1. The molecule has 0 heterocycles. The highest BCUT2D eigenvalue weighted by Crippen LogP contribution is 2.38. The van der Waals surface area contributed by atoms with Gasteiger partial charge in [-0.3, -0.25) is 4.79 Å². The summed E-state index contributed by atoms with van der Waals surface area (Å²) in [5, 5.41) is 2.83. The fourth-order valence-corrected chi connectivity index (χ4v) is 3.51. The Bertz CT molecular complexity index is 1260. The monoisotopic (exact) mass is 490 g/mol. The maximum absolute atomic E-state index is 12.5. The molecule has 0 saturated heterocycles. The summed E-state index contributed by atoms with van der Waals surface area (Å²) in [6.45, 7) is 0. The number of benzene rings is 3. The molecule has 0 aliphatic carbocycles. The van der Waals surface area contributed by atoms with E-state index in [-0.39, 0.29) is 5.91 Å². The van der Waals surface area contributed by atoms with Gasteiger partial charge in [-0.1, -0.05) is 24.3 Å². The number of hydrogen-bond donors (Lipinski definition) is 2. The summed E-state index contributed by atoms with van der Waals surface area (Å²) in [6, 6.07) is 14.5. The Labute approximate surface area is 210 Å². The molecule has 0 unspecified atom stereocenters. The summed E-state index contributed by atoms with van der Waals surface area (Å²) in [5.41, 5.74) is 9.49. The number of methoxy groups -OCH3 is 5. The standard InChI is InChI=1S/C28H30N2O6/c1-32-23-12-9-18(14-21(23)29)10-13-27(31)30-22-11-8-19(15-24(22)33-2)6-7-20-16-25(34-3)28(36-5)26(17-20)35-4/h6-17H,29H2,1-5H3,(H,30,31)/b7-6-,13-10-. The molecule has 0 fully saturated rings. The maximum atomic E-state index is 12.5. The number of anilines is 2. The van der Waals surface area contributed by atoms with Crippen LogP contribution in [0.5, 0.6) is 28.7 Å². The molecule has 0 radical (unpaired) electrons. The smallest absolute Gasteiger partial charge is 0.248 e. The van der Waals surface area contributed by atoms with Gasteiger partial charge in [-0.2, -0.15) is 0 Å². The number of hydrogen-bond acceptors (Lipinski definition) is 7. The van der Waals surface area contributed by atoms with E-state index in [4.69, 9.17) is 29.4 Å². The molecule has 36 heavy (non-hydrogen) atoms. The maximum Gasteiger partial charge on any atom is 0.248 e. The van der Waals surface area contributed by atoms with E-state index in [1.54, 1.807) is 59.8 Å². The molecular formula is C28H30N2O6. The zero-order chi connectivity index (χ0) is 26.1. The van der Waals surface area contributed by atoms with Gasteiger partial charge in [-0.05, 0) is 59.2 Å². The molecule has 3 rings (SSSR count). The van der Waals surface area contributed by atoms with Crippen LogP contribution >= 0.6 is 0 Å². The first-order valence-corrected chi connectivity index (χ1v) is 11.0. The normalized spacial score (nSPS) is 10.9. The van der Waals surface area contributed by atoms with Gasteiger partial charge in [0, 0.05) is 6.08 Å². The van der Waals surface area contributed by atoms with Gasteiger partial charge in [0.05, 0.1) is 46.9 Å². The summed E-state index contributed by atoms with van der Waals surface area (Å²) >= 11 is 0. The van der Waals surface area contributed by atoms with Gasteiger partial charge in [-0.25, -0.2) is 0 Å². The lowest BCUT2D eigenvalue weighted by Crippen LogP contribution is -2.09. The van der Waals surface area contributed by atoms with Crippen molar-refractivity contribution in [3.8, 4) is 28.7 Å². The predicted molar refractivity (Wildman–Crippen MR) is 143 cm³/mol. The highest BCUT2D eigenvalue weighted by atomic mass is 16.5. The van der Waals surface area contributed by atoms with Crippen LogP contribution in [0.1, 0.15) is 16.7 Å². The molecule has 0 aliphatic heterocycles. The van der Waals surface area contributed by atoms with Gasteiger partial charge in [0.2, 0.25) is 11.7 Å². The van der Waals surface area contributed by atoms with E-state index in [1.165, 1.54) is 6.08 Å². The minimum absolute atomic E-state index is 0.302. The summed E-state index contributed by atoms with van der Waals surface area (Å²) in [5.74, 6) is 2.47. The Morgan fingerprint density at radius 2 is 1.22 bits per heavy atom. The average molecular weight is 491 g/mol. The van der Waals surface area contributed by atoms with Gasteiger partial charge in [-0.15, -0.1) is 0 Å². The van der Waals surface area contributed by atoms with Crippen molar-refractivity contribution in [1.82, 2.24) is 0 Å². The van der Waals surface area contributed by atoms with Crippen molar-refractivity contribution in [2.24, 2.45) is 0 Å². The lowest BCUT2D eigenvalue weighted by molar-refractivity contribution is -0.111. The highest BCUT2D eigenvalue weighted by molar-refractivity contribution is 6.03. The van der Waals surface area contributed by atoms with Crippen molar-refractivity contribution < 1.29 is 28.5 Å². The second kappa shape index (κ2) is 12.2. The molecule has 0 spiro atoms. The molecule has 0 aliphatic rings.